The molecule has 0 aliphatic heterocycles. The van der Waals surface area contributed by atoms with Gasteiger partial charge in [0.15, 0.2) is 16.2 Å². The summed E-state index contributed by atoms with van der Waals surface area (Å²) in [5.41, 5.74) is 5.38. The number of aryl methyl sites for hydroxylation is 3. The summed E-state index contributed by atoms with van der Waals surface area (Å²) in [5, 5.41) is 18.2. The van der Waals surface area contributed by atoms with E-state index in [2.05, 4.69) is 25.4 Å². The summed E-state index contributed by atoms with van der Waals surface area (Å²) in [6, 6.07) is 9.74. The number of nitrogens with zero attached hydrogens (tertiary/aromatic N) is 7. The molecule has 0 aliphatic carbocycles. The number of nitrogens with one attached hydrogen (secondary N) is 1. The smallest absolute Gasteiger partial charge is 0.200 e. The number of halogens is 1. The van der Waals surface area contributed by atoms with Crippen molar-refractivity contribution in [1.82, 2.24) is 39.3 Å². The Morgan fingerprint density at radius 2 is 2.03 bits per heavy atom. The van der Waals surface area contributed by atoms with Crippen LogP contribution in [0, 0.1) is 18.6 Å². The molecule has 0 atom stereocenters. The summed E-state index contributed by atoms with van der Waals surface area (Å²) < 4.78 is 6.01. The zero-order valence-electron chi connectivity index (χ0n) is 17.2. The summed E-state index contributed by atoms with van der Waals surface area (Å²) >= 11 is 11.7. The summed E-state index contributed by atoms with van der Waals surface area (Å²) in [6.07, 6.45) is 3.72. The first kappa shape index (κ1) is 19.7. The molecule has 5 aromatic rings. The lowest BCUT2D eigenvalue weighted by Crippen LogP contribution is -2.01. The maximum Gasteiger partial charge on any atom is 0.200 e. The number of aromatic amines is 1. The van der Waals surface area contributed by atoms with Gasteiger partial charge in [-0.05, 0) is 49.8 Å². The molecule has 0 unspecified atom stereocenters. The number of hydrogen-bond acceptors (Lipinski definition) is 5. The van der Waals surface area contributed by atoms with E-state index in [0.29, 0.717) is 22.2 Å². The second kappa shape index (κ2) is 7.44. The lowest BCUT2D eigenvalue weighted by atomic mass is 10.1. The molecular formula is C21H19ClN8S. The maximum absolute atomic E-state index is 6.11. The van der Waals surface area contributed by atoms with Crippen molar-refractivity contribution in [3.05, 3.63) is 69.5 Å². The molecule has 0 saturated heterocycles. The summed E-state index contributed by atoms with van der Waals surface area (Å²) in [6.45, 7) is 4.53. The van der Waals surface area contributed by atoms with Gasteiger partial charge in [-0.15, -0.1) is 0 Å². The fourth-order valence-corrected chi connectivity index (χ4v) is 4.29. The van der Waals surface area contributed by atoms with Crippen molar-refractivity contribution in [2.45, 2.75) is 20.4 Å². The van der Waals surface area contributed by atoms with Crippen LogP contribution in [0.2, 0.25) is 5.02 Å². The molecule has 0 radical (unpaired) electrons. The van der Waals surface area contributed by atoms with Crippen LogP contribution >= 0.6 is 23.8 Å². The molecule has 0 amide bonds. The molecule has 4 heterocycles. The Kier molecular flexibility index (Phi) is 4.71. The molecule has 10 heteroatoms. The Morgan fingerprint density at radius 1 is 1.19 bits per heavy atom. The number of hydrogen-bond donors (Lipinski definition) is 1. The first-order chi connectivity index (χ1) is 14.9. The molecule has 31 heavy (non-hydrogen) atoms. The summed E-state index contributed by atoms with van der Waals surface area (Å²) in [5.74, 6) is 0.693. The Labute approximate surface area is 188 Å². The van der Waals surface area contributed by atoms with Gasteiger partial charge in [0, 0.05) is 29.5 Å². The second-order valence-corrected chi connectivity index (χ2v) is 8.26. The Balaban J connectivity index is 1.62. The van der Waals surface area contributed by atoms with Crippen molar-refractivity contribution in [2.75, 3.05) is 0 Å². The van der Waals surface area contributed by atoms with Crippen LogP contribution in [0.3, 0.4) is 0 Å². The van der Waals surface area contributed by atoms with Gasteiger partial charge in [-0.25, -0.2) is 4.98 Å². The summed E-state index contributed by atoms with van der Waals surface area (Å²) in [4.78, 5) is 4.65. The molecule has 156 valence electrons. The van der Waals surface area contributed by atoms with Crippen molar-refractivity contribution in [2.24, 2.45) is 7.05 Å². The Morgan fingerprint density at radius 3 is 2.84 bits per heavy atom. The third kappa shape index (κ3) is 3.45. The van der Waals surface area contributed by atoms with Gasteiger partial charge in [-0.2, -0.15) is 15.3 Å². The third-order valence-electron chi connectivity index (χ3n) is 5.12. The van der Waals surface area contributed by atoms with Crippen molar-refractivity contribution in [1.29, 1.82) is 0 Å². The van der Waals surface area contributed by atoms with E-state index in [1.807, 2.05) is 66.7 Å². The fraction of sp³-hybridized carbons (Fsp3) is 0.190. The summed E-state index contributed by atoms with van der Waals surface area (Å²) in [7, 11) is 1.89. The van der Waals surface area contributed by atoms with Crippen LogP contribution < -0.4 is 0 Å². The van der Waals surface area contributed by atoms with Gasteiger partial charge in [0.05, 0.1) is 29.5 Å². The van der Waals surface area contributed by atoms with Gasteiger partial charge in [-0.1, -0.05) is 23.7 Å². The minimum atomic E-state index is 0.487. The number of pyridine rings is 1. The molecular weight excluding hydrogens is 432 g/mol. The first-order valence-corrected chi connectivity index (χ1v) is 10.5. The maximum atomic E-state index is 6.11. The van der Waals surface area contributed by atoms with Crippen molar-refractivity contribution in [3.8, 4) is 17.1 Å². The highest BCUT2D eigenvalue weighted by Crippen LogP contribution is 2.31. The topological polar surface area (TPSA) is 82.1 Å². The minimum absolute atomic E-state index is 0.487. The molecule has 1 aromatic carbocycles. The zero-order chi connectivity index (χ0) is 21.7. The predicted octanol–water partition coefficient (Wildman–Crippen LogP) is 4.39. The van der Waals surface area contributed by atoms with Crippen LogP contribution in [0.5, 0.6) is 0 Å². The average Bonchev–Trinajstić information content (AvgIpc) is 3.39. The van der Waals surface area contributed by atoms with Crippen LogP contribution in [-0.4, -0.2) is 39.3 Å². The van der Waals surface area contributed by atoms with E-state index in [1.54, 1.807) is 10.9 Å². The van der Waals surface area contributed by atoms with E-state index in [0.717, 1.165) is 39.2 Å². The van der Waals surface area contributed by atoms with E-state index in [-0.39, 0.29) is 0 Å². The molecule has 4 aromatic heterocycles. The van der Waals surface area contributed by atoms with E-state index in [4.69, 9.17) is 23.8 Å². The highest BCUT2D eigenvalue weighted by Gasteiger charge is 2.20. The number of aromatic nitrogens is 8. The van der Waals surface area contributed by atoms with Crippen LogP contribution in [0.4, 0.5) is 0 Å². The van der Waals surface area contributed by atoms with Crippen molar-refractivity contribution >= 4 is 34.9 Å². The van der Waals surface area contributed by atoms with E-state index in [9.17, 15) is 0 Å². The quantitative estimate of drug-likeness (QED) is 0.410. The molecule has 0 spiro atoms. The van der Waals surface area contributed by atoms with Gasteiger partial charge in [0.25, 0.3) is 0 Å². The molecule has 0 fully saturated rings. The molecule has 0 bridgehead atoms. The number of H-pyrrole nitrogens is 1. The SMILES string of the molecule is Cc1cc(-c2n[nH]c(=S)n2-c2cnn(Cc3cccc(Cl)c3)c2)c2c(C)nn(C)c2n1. The average molecular weight is 451 g/mol. The van der Waals surface area contributed by atoms with Gasteiger partial charge in [-0.3, -0.25) is 19.0 Å². The highest BCUT2D eigenvalue weighted by atomic mass is 35.5. The first-order valence-electron chi connectivity index (χ1n) is 9.67. The Hall–Kier alpha value is -3.30. The molecule has 0 aliphatic rings. The van der Waals surface area contributed by atoms with Crippen LogP contribution in [-0.2, 0) is 13.6 Å². The number of benzene rings is 1. The molecule has 0 saturated carbocycles. The minimum Gasteiger partial charge on any atom is -0.266 e. The number of rotatable bonds is 4. The predicted molar refractivity (Wildman–Crippen MR) is 122 cm³/mol. The van der Waals surface area contributed by atoms with Crippen LogP contribution in [0.25, 0.3) is 28.1 Å². The number of fused-ring (bicyclic) bond motifs is 1. The Bertz CT molecular complexity index is 1490. The van der Waals surface area contributed by atoms with E-state index < -0.39 is 0 Å². The highest BCUT2D eigenvalue weighted by molar-refractivity contribution is 7.71. The lowest BCUT2D eigenvalue weighted by Gasteiger charge is -2.07. The van der Waals surface area contributed by atoms with Gasteiger partial charge in [0.2, 0.25) is 0 Å². The van der Waals surface area contributed by atoms with Crippen LogP contribution in [0.15, 0.2) is 42.7 Å². The lowest BCUT2D eigenvalue weighted by molar-refractivity contribution is 0.686. The molecule has 5 rings (SSSR count). The van der Waals surface area contributed by atoms with Gasteiger partial charge < -0.3 is 0 Å². The van der Waals surface area contributed by atoms with E-state index in [1.165, 1.54) is 0 Å². The van der Waals surface area contributed by atoms with Gasteiger partial charge in [0.1, 0.15) is 0 Å². The van der Waals surface area contributed by atoms with Crippen LogP contribution in [0.1, 0.15) is 17.0 Å². The van der Waals surface area contributed by atoms with Crippen molar-refractivity contribution < 1.29 is 0 Å². The monoisotopic (exact) mass is 450 g/mol. The molecule has 1 N–H and O–H groups in total. The fourth-order valence-electron chi connectivity index (χ4n) is 3.84. The standard InChI is InChI=1S/C21H19ClN8S/c1-12-7-17(18-13(2)27-28(3)20(18)24-12)19-25-26-21(31)30(19)16-9-23-29(11-16)10-14-5-4-6-15(22)8-14/h4-9,11H,10H2,1-3H3,(H,26,31). The second-order valence-electron chi connectivity index (χ2n) is 7.43. The normalized spacial score (nSPS) is 11.5. The zero-order valence-corrected chi connectivity index (χ0v) is 18.7. The third-order valence-corrected chi connectivity index (χ3v) is 5.63. The molecule has 8 nitrogen and oxygen atoms in total. The van der Waals surface area contributed by atoms with Crippen molar-refractivity contribution in [3.63, 3.8) is 0 Å². The van der Waals surface area contributed by atoms with Gasteiger partial charge >= 0.3 is 0 Å². The van der Waals surface area contributed by atoms with E-state index >= 15 is 0 Å². The largest absolute Gasteiger partial charge is 0.266 e.